The summed E-state index contributed by atoms with van der Waals surface area (Å²) in [5.74, 6) is 0.127. The Morgan fingerprint density at radius 2 is 1.60 bits per heavy atom. The van der Waals surface area contributed by atoms with E-state index in [-0.39, 0.29) is 35.8 Å². The molecular formula is C24H26N2O8S. The molecule has 186 valence electrons. The third-order valence-corrected chi connectivity index (χ3v) is 6.48. The van der Waals surface area contributed by atoms with Crippen molar-refractivity contribution in [1.82, 2.24) is 4.90 Å². The number of carbonyl (C=O) groups excluding carboxylic acids is 3. The number of hydrogen-bond donors (Lipinski definition) is 0. The molecule has 0 aliphatic carbocycles. The molecule has 10 nitrogen and oxygen atoms in total. The highest BCUT2D eigenvalue weighted by molar-refractivity contribution is 8.14. The number of rotatable bonds is 8. The second-order valence-corrected chi connectivity index (χ2v) is 9.39. The molecule has 1 fully saturated rings. The molecule has 0 N–H and O–H groups in total. The summed E-state index contributed by atoms with van der Waals surface area (Å²) in [5.41, 5.74) is 1.27. The van der Waals surface area contributed by atoms with Crippen LogP contribution in [-0.2, 0) is 32.3 Å². The summed E-state index contributed by atoms with van der Waals surface area (Å²) in [5, 5.41) is 10.6. The summed E-state index contributed by atoms with van der Waals surface area (Å²) < 4.78 is 16.0. The van der Waals surface area contributed by atoms with Crippen molar-refractivity contribution in [3.8, 4) is 5.75 Å². The molecule has 0 saturated carbocycles. The molecular weight excluding hydrogens is 476 g/mol. The average molecular weight is 503 g/mol. The number of carbonyl (C=O) groups is 3. The first-order valence-electron chi connectivity index (χ1n) is 10.9. The van der Waals surface area contributed by atoms with Crippen LogP contribution in [0.4, 0.5) is 10.5 Å². The van der Waals surface area contributed by atoms with Gasteiger partial charge in [-0.3, -0.25) is 19.8 Å². The number of nitrogens with zero attached hydrogens (tertiary/aromatic N) is 2. The van der Waals surface area contributed by atoms with Gasteiger partial charge in [-0.2, -0.15) is 0 Å². The zero-order valence-corrected chi connectivity index (χ0v) is 20.2. The van der Waals surface area contributed by atoms with Crippen molar-refractivity contribution in [2.45, 2.75) is 44.3 Å². The summed E-state index contributed by atoms with van der Waals surface area (Å²) in [6.45, 7) is 1.53. The molecule has 1 heterocycles. The standard InChI is InChI=1S/C24H26N2O8S/c1-16(27)35-21-11-12-22(23(28)33-14-18-5-9-20(32-2)10-6-18)25(13-21)24(29)34-15-17-3-7-19(8-4-17)26(30)31/h3-10,21-22H,11-15H2,1-2H3/t21-,22-/m0/s1. The summed E-state index contributed by atoms with van der Waals surface area (Å²) in [4.78, 5) is 49.0. The van der Waals surface area contributed by atoms with Gasteiger partial charge in [0.05, 0.1) is 12.0 Å². The molecule has 3 rings (SSSR count). The molecule has 1 aliphatic heterocycles. The lowest BCUT2D eigenvalue weighted by atomic mass is 10.0. The number of ether oxygens (including phenoxy) is 3. The number of piperidine rings is 1. The third kappa shape index (κ3) is 7.44. The maximum atomic E-state index is 12.9. The number of nitro benzene ring substituents is 1. The van der Waals surface area contributed by atoms with Crippen LogP contribution in [0.1, 0.15) is 30.9 Å². The molecule has 2 aromatic rings. The fourth-order valence-corrected chi connectivity index (χ4v) is 4.59. The molecule has 2 atom stereocenters. The van der Waals surface area contributed by atoms with Crippen molar-refractivity contribution >= 4 is 34.6 Å². The Bertz CT molecular complexity index is 1060. The predicted octanol–water partition coefficient (Wildman–Crippen LogP) is 4.10. The molecule has 0 unspecified atom stereocenters. The van der Waals surface area contributed by atoms with Crippen molar-refractivity contribution in [1.29, 1.82) is 0 Å². The van der Waals surface area contributed by atoms with E-state index in [1.807, 2.05) is 0 Å². The highest BCUT2D eigenvalue weighted by Crippen LogP contribution is 2.28. The number of non-ortho nitro benzene ring substituents is 1. The van der Waals surface area contributed by atoms with E-state index >= 15 is 0 Å². The van der Waals surface area contributed by atoms with Crippen LogP contribution in [0.15, 0.2) is 48.5 Å². The number of likely N-dealkylation sites (tertiary alicyclic amines) is 1. The molecule has 0 spiro atoms. The van der Waals surface area contributed by atoms with E-state index in [0.717, 1.165) is 17.3 Å². The first-order valence-corrected chi connectivity index (χ1v) is 11.8. The van der Waals surface area contributed by atoms with Gasteiger partial charge in [0.15, 0.2) is 5.12 Å². The topological polar surface area (TPSA) is 125 Å². The van der Waals surface area contributed by atoms with Gasteiger partial charge in [0.25, 0.3) is 5.69 Å². The maximum absolute atomic E-state index is 12.9. The largest absolute Gasteiger partial charge is 0.497 e. The van der Waals surface area contributed by atoms with E-state index in [9.17, 15) is 24.5 Å². The van der Waals surface area contributed by atoms with Gasteiger partial charge < -0.3 is 14.2 Å². The number of amides is 1. The molecule has 1 aliphatic rings. The van der Waals surface area contributed by atoms with E-state index < -0.39 is 23.0 Å². The fourth-order valence-electron chi connectivity index (χ4n) is 3.63. The van der Waals surface area contributed by atoms with Crippen molar-refractivity contribution in [3.05, 3.63) is 69.8 Å². The quantitative estimate of drug-likeness (QED) is 0.298. The van der Waals surface area contributed by atoms with Gasteiger partial charge in [0.1, 0.15) is 25.0 Å². The molecule has 35 heavy (non-hydrogen) atoms. The summed E-state index contributed by atoms with van der Waals surface area (Å²) >= 11 is 1.13. The Morgan fingerprint density at radius 1 is 1.00 bits per heavy atom. The minimum Gasteiger partial charge on any atom is -0.497 e. The zero-order valence-electron chi connectivity index (χ0n) is 19.4. The molecule has 11 heteroatoms. The van der Waals surface area contributed by atoms with Crippen molar-refractivity contribution in [2.75, 3.05) is 13.7 Å². The van der Waals surface area contributed by atoms with Crippen molar-refractivity contribution < 1.29 is 33.5 Å². The monoisotopic (exact) mass is 502 g/mol. The minimum atomic E-state index is -0.846. The van der Waals surface area contributed by atoms with Gasteiger partial charge >= 0.3 is 12.1 Å². The molecule has 1 amide bonds. The van der Waals surface area contributed by atoms with Crippen LogP contribution in [0, 0.1) is 10.1 Å². The number of methoxy groups -OCH3 is 1. The van der Waals surface area contributed by atoms with E-state index in [1.54, 1.807) is 31.4 Å². The van der Waals surface area contributed by atoms with Crippen LogP contribution in [0.5, 0.6) is 5.75 Å². The lowest BCUT2D eigenvalue weighted by Crippen LogP contribution is -2.52. The smallest absolute Gasteiger partial charge is 0.410 e. The van der Waals surface area contributed by atoms with E-state index in [2.05, 4.69) is 0 Å². The summed E-state index contributed by atoms with van der Waals surface area (Å²) in [6.07, 6.45) is 0.182. The first kappa shape index (κ1) is 26.0. The van der Waals surface area contributed by atoms with Gasteiger partial charge in [-0.25, -0.2) is 9.59 Å². The second-order valence-electron chi connectivity index (χ2n) is 7.91. The second kappa shape index (κ2) is 12.2. The third-order valence-electron chi connectivity index (χ3n) is 5.43. The number of hydrogen-bond acceptors (Lipinski definition) is 9. The molecule has 2 aromatic carbocycles. The zero-order chi connectivity index (χ0) is 25.4. The van der Waals surface area contributed by atoms with Crippen LogP contribution in [0.2, 0.25) is 0 Å². The molecule has 1 saturated heterocycles. The van der Waals surface area contributed by atoms with Crippen LogP contribution < -0.4 is 4.74 Å². The van der Waals surface area contributed by atoms with Crippen molar-refractivity contribution in [3.63, 3.8) is 0 Å². The highest BCUT2D eigenvalue weighted by Gasteiger charge is 2.38. The molecule has 0 aromatic heterocycles. The number of nitro groups is 1. The van der Waals surface area contributed by atoms with E-state index in [0.29, 0.717) is 24.2 Å². The Balaban J connectivity index is 1.64. The predicted molar refractivity (Wildman–Crippen MR) is 128 cm³/mol. The van der Waals surface area contributed by atoms with Gasteiger partial charge in [-0.05, 0) is 48.2 Å². The summed E-state index contributed by atoms with van der Waals surface area (Å²) in [7, 11) is 1.56. The van der Waals surface area contributed by atoms with Crippen LogP contribution in [0.3, 0.4) is 0 Å². The van der Waals surface area contributed by atoms with Crippen LogP contribution in [0.25, 0.3) is 0 Å². The highest BCUT2D eigenvalue weighted by atomic mass is 32.2. The Kier molecular flexibility index (Phi) is 9.07. The van der Waals surface area contributed by atoms with Crippen LogP contribution >= 0.6 is 11.8 Å². The van der Waals surface area contributed by atoms with Gasteiger partial charge in [0.2, 0.25) is 0 Å². The van der Waals surface area contributed by atoms with Gasteiger partial charge in [-0.1, -0.05) is 23.9 Å². The SMILES string of the molecule is COc1ccc(COC(=O)[C@@H]2CC[C@H](SC(C)=O)CN2C(=O)OCc2ccc([N+](=O)[O-])cc2)cc1. The maximum Gasteiger partial charge on any atom is 0.410 e. The van der Waals surface area contributed by atoms with E-state index in [4.69, 9.17) is 14.2 Å². The fraction of sp³-hybridized carbons (Fsp3) is 0.375. The number of benzene rings is 2. The first-order chi connectivity index (χ1) is 16.8. The summed E-state index contributed by atoms with van der Waals surface area (Å²) in [6, 6.07) is 11.9. The van der Waals surface area contributed by atoms with E-state index in [1.165, 1.54) is 36.1 Å². The Morgan fingerprint density at radius 3 is 2.17 bits per heavy atom. The van der Waals surface area contributed by atoms with Crippen molar-refractivity contribution in [2.24, 2.45) is 0 Å². The lowest BCUT2D eigenvalue weighted by molar-refractivity contribution is -0.384. The van der Waals surface area contributed by atoms with Gasteiger partial charge in [0, 0.05) is 30.9 Å². The number of esters is 1. The lowest BCUT2D eigenvalue weighted by Gasteiger charge is -2.36. The normalized spacial score (nSPS) is 17.4. The Labute approximate surface area is 206 Å². The molecule has 0 radical (unpaired) electrons. The minimum absolute atomic E-state index is 0.0383. The van der Waals surface area contributed by atoms with Gasteiger partial charge in [-0.15, -0.1) is 0 Å². The average Bonchev–Trinajstić information content (AvgIpc) is 2.86. The number of thioether (sulfide) groups is 1. The van der Waals surface area contributed by atoms with Crippen LogP contribution in [-0.4, -0.2) is 51.9 Å². The Hall–Kier alpha value is -3.60. The molecule has 0 bridgehead atoms.